The molecule has 192 valence electrons. The molecule has 1 aromatic heterocycles. The largest absolute Gasteiger partial charge is 0.433 e. The highest BCUT2D eigenvalue weighted by atomic mass is 35.5. The average molecular weight is 527 g/mol. The zero-order valence-electron chi connectivity index (χ0n) is 19.7. The smallest absolute Gasteiger partial charge is 0.357 e. The number of aromatic nitrogens is 1. The summed E-state index contributed by atoms with van der Waals surface area (Å²) in [7, 11) is 0. The maximum absolute atomic E-state index is 13.4. The molecule has 0 aliphatic carbocycles. The molecule has 0 bridgehead atoms. The van der Waals surface area contributed by atoms with Crippen LogP contribution in [0.4, 0.5) is 9.18 Å². The fourth-order valence-electron chi connectivity index (χ4n) is 4.44. The Morgan fingerprint density at radius 2 is 1.81 bits per heavy atom. The van der Waals surface area contributed by atoms with Gasteiger partial charge in [0, 0.05) is 47.5 Å². The molecule has 2 aromatic carbocycles. The minimum absolute atomic E-state index is 0.108. The fourth-order valence-corrected chi connectivity index (χ4v) is 4.61. The number of esters is 1. The summed E-state index contributed by atoms with van der Waals surface area (Å²) in [6, 6.07) is 11.5. The average Bonchev–Trinajstić information content (AvgIpc) is 3.36. The number of nitrogens with one attached hydrogen (secondary N) is 1. The lowest BCUT2D eigenvalue weighted by atomic mass is 10.1. The highest BCUT2D eigenvalue weighted by molar-refractivity contribution is 6.31. The van der Waals surface area contributed by atoms with E-state index >= 15 is 0 Å². The van der Waals surface area contributed by atoms with Crippen LogP contribution >= 0.6 is 11.6 Å². The summed E-state index contributed by atoms with van der Waals surface area (Å²) in [6.45, 7) is 1.67. The summed E-state index contributed by atoms with van der Waals surface area (Å²) in [6.07, 6.45) is 4.59. The Bertz CT molecular complexity index is 1370. The Morgan fingerprint density at radius 1 is 1.03 bits per heavy atom. The number of ether oxygens (including phenoxy) is 1. The molecule has 37 heavy (non-hydrogen) atoms. The molecule has 1 fully saturated rings. The van der Waals surface area contributed by atoms with Crippen molar-refractivity contribution in [1.29, 1.82) is 0 Å². The molecule has 2 amide bonds. The third-order valence-corrected chi connectivity index (χ3v) is 6.44. The lowest BCUT2D eigenvalue weighted by Crippen LogP contribution is -2.40. The van der Waals surface area contributed by atoms with E-state index in [0.29, 0.717) is 24.7 Å². The van der Waals surface area contributed by atoms with Gasteiger partial charge in [-0.25, -0.2) is 18.8 Å². The van der Waals surface area contributed by atoms with Crippen LogP contribution in [0, 0.1) is 5.82 Å². The van der Waals surface area contributed by atoms with Gasteiger partial charge in [0.2, 0.25) is 6.23 Å². The summed E-state index contributed by atoms with van der Waals surface area (Å²) in [5.74, 6) is -1.80. The second kappa shape index (κ2) is 10.6. The Kier molecular flexibility index (Phi) is 7.11. The number of rotatable bonds is 8. The molecule has 11 heteroatoms. The summed E-state index contributed by atoms with van der Waals surface area (Å²) in [5.41, 5.74) is 2.98. The van der Waals surface area contributed by atoms with Crippen molar-refractivity contribution >= 4 is 40.5 Å². The number of urea groups is 1. The number of fused-ring (bicyclic) bond motifs is 2. The van der Waals surface area contributed by atoms with Gasteiger partial charge < -0.3 is 24.4 Å². The molecule has 9 nitrogen and oxygen atoms in total. The van der Waals surface area contributed by atoms with Crippen molar-refractivity contribution in [3.8, 4) is 5.69 Å². The molecule has 5 rings (SSSR count). The highest BCUT2D eigenvalue weighted by Crippen LogP contribution is 2.28. The van der Waals surface area contributed by atoms with Crippen molar-refractivity contribution in [2.45, 2.75) is 19.1 Å². The topological polar surface area (TPSA) is 93.1 Å². The maximum atomic E-state index is 13.4. The third kappa shape index (κ3) is 5.45. The molecule has 1 N–H and O–H groups in total. The van der Waals surface area contributed by atoms with Gasteiger partial charge in [0.25, 0.3) is 0 Å². The summed E-state index contributed by atoms with van der Waals surface area (Å²) in [5, 5.41) is 5.80. The summed E-state index contributed by atoms with van der Waals surface area (Å²) in [4.78, 5) is 42.3. The van der Waals surface area contributed by atoms with Crippen LogP contribution in [-0.4, -0.2) is 64.9 Å². The molecule has 0 radical (unpaired) electrons. The van der Waals surface area contributed by atoms with Crippen molar-refractivity contribution in [3.05, 3.63) is 77.2 Å². The Labute approximate surface area is 216 Å². The van der Waals surface area contributed by atoms with E-state index in [0.717, 1.165) is 52.2 Å². The van der Waals surface area contributed by atoms with Crippen molar-refractivity contribution < 1.29 is 28.3 Å². The summed E-state index contributed by atoms with van der Waals surface area (Å²) >= 11 is 6.26. The molecule has 1 saturated heterocycles. The normalized spacial score (nSPS) is 18.4. The van der Waals surface area contributed by atoms with Crippen LogP contribution < -0.4 is 5.32 Å². The van der Waals surface area contributed by atoms with E-state index in [1.54, 1.807) is 12.1 Å². The lowest BCUT2D eigenvalue weighted by molar-refractivity contribution is -0.205. The molecule has 1 unspecified atom stereocenters. The first kappa shape index (κ1) is 24.8. The number of amides is 2. The van der Waals surface area contributed by atoms with Crippen LogP contribution in [0.15, 0.2) is 60.8 Å². The Hall–Kier alpha value is -3.89. The van der Waals surface area contributed by atoms with Gasteiger partial charge >= 0.3 is 18.0 Å². The second-order valence-electron chi connectivity index (χ2n) is 8.71. The second-order valence-corrected chi connectivity index (χ2v) is 9.14. The van der Waals surface area contributed by atoms with Gasteiger partial charge in [-0.15, -0.1) is 5.06 Å². The van der Waals surface area contributed by atoms with E-state index in [9.17, 15) is 18.8 Å². The highest BCUT2D eigenvalue weighted by Gasteiger charge is 2.43. The SMILES string of the molecule is O=C1/C=C\C(=O)ON2C(=O)N(CCNCCCc3cn(-c4ccc(F)cc4)c4ccc(Cl)cc34)CC2O1. The van der Waals surface area contributed by atoms with E-state index in [4.69, 9.17) is 21.2 Å². The molecule has 2 aliphatic rings. The van der Waals surface area contributed by atoms with Gasteiger partial charge in [-0.1, -0.05) is 11.6 Å². The molecule has 3 heterocycles. The van der Waals surface area contributed by atoms with Crippen LogP contribution in [0.1, 0.15) is 12.0 Å². The third-order valence-electron chi connectivity index (χ3n) is 6.21. The molecular weight excluding hydrogens is 503 g/mol. The van der Waals surface area contributed by atoms with Crippen LogP contribution in [0.3, 0.4) is 0 Å². The summed E-state index contributed by atoms with van der Waals surface area (Å²) < 4.78 is 20.6. The van der Waals surface area contributed by atoms with Gasteiger partial charge in [-0.2, -0.15) is 0 Å². The number of carbonyl (C=O) groups excluding carboxylic acids is 3. The fraction of sp³-hybridized carbons (Fsp3) is 0.269. The number of aryl methyl sites for hydroxylation is 1. The quantitative estimate of drug-likeness (QED) is 0.356. The van der Waals surface area contributed by atoms with Gasteiger partial charge in [0.15, 0.2) is 0 Å². The predicted molar refractivity (Wildman–Crippen MR) is 133 cm³/mol. The van der Waals surface area contributed by atoms with Crippen LogP contribution in [0.25, 0.3) is 16.6 Å². The van der Waals surface area contributed by atoms with Gasteiger partial charge in [0.05, 0.1) is 12.1 Å². The zero-order chi connectivity index (χ0) is 25.9. The number of nitrogens with zero attached hydrogens (tertiary/aromatic N) is 3. The Balaban J connectivity index is 1.15. The van der Waals surface area contributed by atoms with E-state index in [1.807, 2.05) is 22.8 Å². The monoisotopic (exact) mass is 526 g/mol. The predicted octanol–water partition coefficient (Wildman–Crippen LogP) is 3.58. The van der Waals surface area contributed by atoms with Crippen LogP contribution in [0.2, 0.25) is 5.02 Å². The van der Waals surface area contributed by atoms with Crippen molar-refractivity contribution in [2.75, 3.05) is 26.2 Å². The minimum atomic E-state index is -0.973. The standard InChI is InChI=1S/C26H24ClFN4O5/c27-18-3-8-22-21(14-18)17(15-31(22)20-6-4-19(28)5-7-20)2-1-11-29-12-13-30-16-23-32(26(30)35)37-25(34)10-9-24(33)36-23/h3-10,14-15,23,29H,1-2,11-13,16H2/b10-9-. The first-order valence-electron chi connectivity index (χ1n) is 11.8. The number of hydrogen-bond acceptors (Lipinski definition) is 6. The van der Waals surface area contributed by atoms with E-state index < -0.39 is 24.2 Å². The van der Waals surface area contributed by atoms with Crippen molar-refractivity contribution in [1.82, 2.24) is 19.8 Å². The molecular formula is C26H24ClFN4O5. The van der Waals surface area contributed by atoms with Gasteiger partial charge in [0.1, 0.15) is 5.82 Å². The number of carbonyl (C=O) groups is 3. The van der Waals surface area contributed by atoms with Gasteiger partial charge in [-0.05, 0) is 67.4 Å². The van der Waals surface area contributed by atoms with Crippen molar-refractivity contribution in [3.63, 3.8) is 0 Å². The van der Waals surface area contributed by atoms with Crippen LogP contribution in [0.5, 0.6) is 0 Å². The Morgan fingerprint density at radius 3 is 2.62 bits per heavy atom. The number of hydrogen-bond donors (Lipinski definition) is 1. The molecule has 1 atom stereocenters. The van der Waals surface area contributed by atoms with Crippen LogP contribution in [-0.2, 0) is 25.6 Å². The number of benzene rings is 2. The maximum Gasteiger partial charge on any atom is 0.357 e. The molecule has 2 aliphatic heterocycles. The number of hydroxylamine groups is 2. The molecule has 0 spiro atoms. The van der Waals surface area contributed by atoms with Gasteiger partial charge in [-0.3, -0.25) is 0 Å². The van der Waals surface area contributed by atoms with E-state index in [-0.39, 0.29) is 12.4 Å². The zero-order valence-corrected chi connectivity index (χ0v) is 20.5. The lowest BCUT2D eigenvalue weighted by Gasteiger charge is -2.21. The first-order chi connectivity index (χ1) is 17.9. The molecule has 3 aromatic rings. The first-order valence-corrected chi connectivity index (χ1v) is 12.2. The van der Waals surface area contributed by atoms with E-state index in [1.165, 1.54) is 17.0 Å². The van der Waals surface area contributed by atoms with E-state index in [2.05, 4.69) is 11.5 Å². The van der Waals surface area contributed by atoms with Crippen molar-refractivity contribution in [2.24, 2.45) is 0 Å². The minimum Gasteiger partial charge on any atom is -0.433 e. The number of halogens is 2. The molecule has 0 saturated carbocycles.